The molecule has 0 bridgehead atoms. The fourth-order valence-electron chi connectivity index (χ4n) is 5.55. The monoisotopic (exact) mass is 535 g/mol. The average molecular weight is 536 g/mol. The Morgan fingerprint density at radius 1 is 1.16 bits per heavy atom. The van der Waals surface area contributed by atoms with Crippen molar-refractivity contribution in [3.05, 3.63) is 34.6 Å². The third-order valence-corrected chi connectivity index (χ3v) is 8.64. The minimum atomic E-state index is -4.35. The number of ketones is 1. The van der Waals surface area contributed by atoms with Crippen molar-refractivity contribution in [2.75, 3.05) is 26.2 Å². The highest BCUT2D eigenvalue weighted by atomic mass is 32.1. The number of nitrogens with zero attached hydrogens (tertiary/aromatic N) is 5. The van der Waals surface area contributed by atoms with E-state index in [1.54, 1.807) is 10.9 Å². The molecule has 2 aliphatic rings. The van der Waals surface area contributed by atoms with Crippen molar-refractivity contribution >= 4 is 28.2 Å². The van der Waals surface area contributed by atoms with Crippen molar-refractivity contribution in [3.8, 4) is 5.19 Å². The van der Waals surface area contributed by atoms with Gasteiger partial charge in [-0.2, -0.15) is 18.3 Å². The van der Waals surface area contributed by atoms with Crippen LogP contribution in [0.3, 0.4) is 0 Å². The van der Waals surface area contributed by atoms with Crippen LogP contribution in [0.25, 0.3) is 11.0 Å². The molecule has 0 spiro atoms. The Bertz CT molecular complexity index is 1210. The maximum absolute atomic E-state index is 13.0. The normalized spacial score (nSPS) is 21.1. The molecule has 0 N–H and O–H groups in total. The molecule has 1 saturated carbocycles. The average Bonchev–Trinajstić information content (AvgIpc) is 3.39. The Balaban J connectivity index is 1.04. The molecule has 0 radical (unpaired) electrons. The van der Waals surface area contributed by atoms with Gasteiger partial charge >= 0.3 is 6.18 Å². The molecule has 0 amide bonds. The molecule has 5 rings (SSSR count). The summed E-state index contributed by atoms with van der Waals surface area (Å²) in [6, 6.07) is 1.81. The summed E-state index contributed by atoms with van der Waals surface area (Å²) in [6.07, 6.45) is 6.92. The van der Waals surface area contributed by atoms with Crippen molar-refractivity contribution in [3.63, 3.8) is 0 Å². The number of ether oxygens (including phenoxy) is 1. The van der Waals surface area contributed by atoms with Gasteiger partial charge in [-0.25, -0.2) is 9.97 Å². The van der Waals surface area contributed by atoms with Crippen LogP contribution >= 0.6 is 11.3 Å². The summed E-state index contributed by atoms with van der Waals surface area (Å²) in [6.45, 7) is 1.50. The quantitative estimate of drug-likeness (QED) is 0.368. The number of thiazole rings is 1. The fourth-order valence-corrected chi connectivity index (χ4v) is 6.50. The molecule has 1 aliphatic heterocycles. The largest absolute Gasteiger partial charge is 0.460 e. The van der Waals surface area contributed by atoms with Gasteiger partial charge in [-0.3, -0.25) is 9.48 Å². The third kappa shape index (κ3) is 6.67. The smallest absolute Gasteiger partial charge is 0.422 e. The number of fused-ring (bicyclic) bond motifs is 2. The lowest BCUT2D eigenvalue weighted by atomic mass is 9.78. The first kappa shape index (κ1) is 26.1. The van der Waals surface area contributed by atoms with E-state index in [1.165, 1.54) is 11.3 Å². The summed E-state index contributed by atoms with van der Waals surface area (Å²) >= 11 is 1.25. The van der Waals surface area contributed by atoms with Crippen LogP contribution < -0.4 is 4.74 Å². The topological polar surface area (TPSA) is 73.1 Å². The lowest BCUT2D eigenvalue weighted by molar-refractivity contribution is -0.153. The molecule has 11 heteroatoms. The molecule has 7 nitrogen and oxygen atoms in total. The Morgan fingerprint density at radius 2 is 1.92 bits per heavy atom. The lowest BCUT2D eigenvalue weighted by Crippen LogP contribution is -2.30. The van der Waals surface area contributed by atoms with Crippen LogP contribution in [-0.2, 0) is 19.9 Å². The van der Waals surface area contributed by atoms with Crippen LogP contribution in [0.4, 0.5) is 13.2 Å². The van der Waals surface area contributed by atoms with Crippen LogP contribution in [0, 0.1) is 11.8 Å². The number of halogens is 3. The van der Waals surface area contributed by atoms with Gasteiger partial charge in [-0.1, -0.05) is 24.2 Å². The molecule has 1 aliphatic carbocycles. The summed E-state index contributed by atoms with van der Waals surface area (Å²) in [5.74, 6) is 1.29. The van der Waals surface area contributed by atoms with E-state index >= 15 is 0 Å². The van der Waals surface area contributed by atoms with E-state index in [0.717, 1.165) is 86.1 Å². The zero-order chi connectivity index (χ0) is 26.0. The van der Waals surface area contributed by atoms with E-state index in [-0.39, 0.29) is 11.0 Å². The van der Waals surface area contributed by atoms with Crippen molar-refractivity contribution in [2.24, 2.45) is 18.9 Å². The minimum Gasteiger partial charge on any atom is -0.460 e. The van der Waals surface area contributed by atoms with Crippen LogP contribution in [0.1, 0.15) is 59.5 Å². The van der Waals surface area contributed by atoms with Gasteiger partial charge in [-0.15, -0.1) is 0 Å². The van der Waals surface area contributed by atoms with E-state index in [4.69, 9.17) is 4.74 Å². The van der Waals surface area contributed by atoms with Crippen molar-refractivity contribution in [2.45, 2.75) is 57.5 Å². The fraction of sp³-hybridized carbons (Fsp3) is 0.615. The summed E-state index contributed by atoms with van der Waals surface area (Å²) in [4.78, 5) is 25.1. The molecule has 0 unspecified atom stereocenters. The summed E-state index contributed by atoms with van der Waals surface area (Å²) < 4.78 is 43.7. The van der Waals surface area contributed by atoms with Crippen molar-refractivity contribution in [1.29, 1.82) is 0 Å². The standard InChI is InChI=1S/C26H32F3N5O2S/c1-33-15-20-19(6-10-30-24(20)32-33)22(35)14-18-4-2-17(3-5-18)7-11-34-12-8-21-23(9-13-34)37-25(31-21)36-16-26(27,28)29/h6,10,15,17-18H,2-5,7-9,11-14,16H2,1H3. The predicted octanol–water partition coefficient (Wildman–Crippen LogP) is 5.24. The molecule has 3 aromatic heterocycles. The molecule has 200 valence electrons. The Morgan fingerprint density at radius 3 is 2.70 bits per heavy atom. The zero-order valence-electron chi connectivity index (χ0n) is 21.0. The minimum absolute atomic E-state index is 0.125. The number of pyridine rings is 1. The number of alkyl halides is 3. The van der Waals surface area contributed by atoms with E-state index in [2.05, 4.69) is 20.0 Å². The Hall–Kier alpha value is -2.53. The van der Waals surface area contributed by atoms with Gasteiger partial charge in [0, 0.05) is 61.2 Å². The Kier molecular flexibility index (Phi) is 7.80. The van der Waals surface area contributed by atoms with E-state index < -0.39 is 12.8 Å². The van der Waals surface area contributed by atoms with Crippen LogP contribution in [-0.4, -0.2) is 62.8 Å². The molecule has 0 atom stereocenters. The summed E-state index contributed by atoms with van der Waals surface area (Å²) in [5, 5.41) is 5.26. The molecule has 3 aromatic rings. The number of aryl methyl sites for hydroxylation is 1. The zero-order valence-corrected chi connectivity index (χ0v) is 21.8. The SMILES string of the molecule is Cn1cc2c(C(=O)CC3CCC(CCN4CCc5nc(OCC(F)(F)F)sc5CC4)CC3)ccnc2n1. The van der Waals surface area contributed by atoms with Crippen molar-refractivity contribution < 1.29 is 22.7 Å². The van der Waals surface area contributed by atoms with Gasteiger partial charge < -0.3 is 9.64 Å². The summed E-state index contributed by atoms with van der Waals surface area (Å²) in [7, 11) is 1.84. The molecule has 1 fully saturated rings. The van der Waals surface area contributed by atoms with Crippen molar-refractivity contribution in [1.82, 2.24) is 24.6 Å². The van der Waals surface area contributed by atoms with E-state index in [1.807, 2.05) is 19.3 Å². The highest BCUT2D eigenvalue weighted by molar-refractivity contribution is 7.13. The van der Waals surface area contributed by atoms with Gasteiger partial charge in [0.05, 0.1) is 5.69 Å². The highest BCUT2D eigenvalue weighted by Gasteiger charge is 2.30. The molecule has 37 heavy (non-hydrogen) atoms. The molecule has 4 heterocycles. The second-order valence-electron chi connectivity index (χ2n) is 10.3. The van der Waals surface area contributed by atoms with Crippen LogP contribution in [0.15, 0.2) is 18.5 Å². The number of aromatic nitrogens is 4. The molecular weight excluding hydrogens is 503 g/mol. The van der Waals surface area contributed by atoms with Gasteiger partial charge in [0.2, 0.25) is 0 Å². The number of carbonyl (C=O) groups excluding carboxylic acids is 1. The number of rotatable bonds is 8. The lowest BCUT2D eigenvalue weighted by Gasteiger charge is -2.30. The second kappa shape index (κ2) is 11.1. The second-order valence-corrected chi connectivity index (χ2v) is 11.3. The first-order chi connectivity index (χ1) is 17.7. The van der Waals surface area contributed by atoms with Crippen LogP contribution in [0.2, 0.25) is 0 Å². The maximum atomic E-state index is 13.0. The summed E-state index contributed by atoms with van der Waals surface area (Å²) in [5.41, 5.74) is 2.22. The number of hydrogen-bond donors (Lipinski definition) is 0. The first-order valence-electron chi connectivity index (χ1n) is 13.0. The van der Waals surface area contributed by atoms with Gasteiger partial charge in [0.1, 0.15) is 0 Å². The Labute approximate surface area is 218 Å². The number of carbonyl (C=O) groups is 1. The first-order valence-corrected chi connectivity index (χ1v) is 13.8. The number of hydrogen-bond acceptors (Lipinski definition) is 7. The number of Topliss-reactive ketones (excluding diaryl/α,β-unsaturated/α-hetero) is 1. The highest BCUT2D eigenvalue weighted by Crippen LogP contribution is 2.34. The van der Waals surface area contributed by atoms with Gasteiger partial charge in [0.15, 0.2) is 18.0 Å². The maximum Gasteiger partial charge on any atom is 0.422 e. The molecule has 0 saturated heterocycles. The third-order valence-electron chi connectivity index (χ3n) is 7.57. The molecule has 0 aromatic carbocycles. The molecular formula is C26H32F3N5O2S. The van der Waals surface area contributed by atoms with Gasteiger partial charge in [0.25, 0.3) is 5.19 Å². The van der Waals surface area contributed by atoms with Gasteiger partial charge in [-0.05, 0) is 50.1 Å². The van der Waals surface area contributed by atoms with E-state index in [0.29, 0.717) is 23.9 Å². The predicted molar refractivity (Wildman–Crippen MR) is 135 cm³/mol. The van der Waals surface area contributed by atoms with Crippen LogP contribution in [0.5, 0.6) is 5.19 Å². The van der Waals surface area contributed by atoms with E-state index in [9.17, 15) is 18.0 Å².